The van der Waals surface area contributed by atoms with Crippen LogP contribution < -0.4 is 10.1 Å². The molecular formula is C21H24N2O3. The van der Waals surface area contributed by atoms with Crippen LogP contribution in [0.5, 0.6) is 5.75 Å². The van der Waals surface area contributed by atoms with E-state index in [4.69, 9.17) is 4.74 Å². The lowest BCUT2D eigenvalue weighted by Gasteiger charge is -2.30. The lowest BCUT2D eigenvalue weighted by atomic mass is 9.95. The predicted molar refractivity (Wildman–Crippen MR) is 102 cm³/mol. The number of piperidine rings is 1. The molecule has 0 radical (unpaired) electrons. The number of benzene rings is 2. The number of ether oxygens (including phenoxy) is 1. The predicted octanol–water partition coefficient (Wildman–Crippen LogP) is 3.56. The Morgan fingerprint density at radius 1 is 1.08 bits per heavy atom. The van der Waals surface area contributed by atoms with Gasteiger partial charge in [-0.25, -0.2) is 0 Å². The number of para-hydroxylation sites is 1. The third-order valence-electron chi connectivity index (χ3n) is 4.88. The molecule has 26 heavy (non-hydrogen) atoms. The number of likely N-dealkylation sites (tertiary alicyclic amines) is 1. The summed E-state index contributed by atoms with van der Waals surface area (Å²) < 4.78 is 5.30. The molecule has 2 aromatic carbocycles. The fraction of sp³-hybridized carbons (Fsp3) is 0.333. The van der Waals surface area contributed by atoms with Crippen LogP contribution >= 0.6 is 0 Å². The summed E-state index contributed by atoms with van der Waals surface area (Å²) in [5, 5.41) is 3.08. The van der Waals surface area contributed by atoms with Gasteiger partial charge in [-0.15, -0.1) is 0 Å². The van der Waals surface area contributed by atoms with Crippen LogP contribution in [-0.4, -0.2) is 36.9 Å². The molecule has 0 aromatic heterocycles. The molecule has 1 aliphatic rings. The highest BCUT2D eigenvalue weighted by atomic mass is 16.5. The molecule has 5 nitrogen and oxygen atoms in total. The van der Waals surface area contributed by atoms with Crippen molar-refractivity contribution in [3.63, 3.8) is 0 Å². The topological polar surface area (TPSA) is 58.6 Å². The Labute approximate surface area is 154 Å². The van der Waals surface area contributed by atoms with E-state index in [0.717, 1.165) is 22.6 Å². The highest BCUT2D eigenvalue weighted by molar-refractivity contribution is 5.97. The Kier molecular flexibility index (Phi) is 5.56. The summed E-state index contributed by atoms with van der Waals surface area (Å²) in [5.74, 6) is 0.806. The van der Waals surface area contributed by atoms with E-state index in [1.807, 2.05) is 48.5 Å². The molecule has 3 rings (SSSR count). The molecule has 0 bridgehead atoms. The van der Waals surface area contributed by atoms with Crippen molar-refractivity contribution in [3.05, 3.63) is 48.5 Å². The molecule has 1 fully saturated rings. The van der Waals surface area contributed by atoms with Gasteiger partial charge in [-0.3, -0.25) is 9.59 Å². The molecule has 0 aliphatic carbocycles. The molecule has 1 N–H and O–H groups in total. The van der Waals surface area contributed by atoms with Crippen LogP contribution in [-0.2, 0) is 9.59 Å². The first-order valence-electron chi connectivity index (χ1n) is 8.88. The van der Waals surface area contributed by atoms with E-state index in [-0.39, 0.29) is 17.7 Å². The molecule has 136 valence electrons. The summed E-state index contributed by atoms with van der Waals surface area (Å²) in [6.07, 6.45) is 1.40. The van der Waals surface area contributed by atoms with Gasteiger partial charge in [0.25, 0.3) is 0 Å². The van der Waals surface area contributed by atoms with Crippen molar-refractivity contribution in [2.75, 3.05) is 25.5 Å². The molecule has 0 saturated carbocycles. The van der Waals surface area contributed by atoms with E-state index < -0.39 is 0 Å². The second-order valence-electron chi connectivity index (χ2n) is 6.55. The van der Waals surface area contributed by atoms with Gasteiger partial charge in [0.05, 0.1) is 7.11 Å². The van der Waals surface area contributed by atoms with Gasteiger partial charge in [-0.2, -0.15) is 0 Å². The van der Waals surface area contributed by atoms with E-state index in [2.05, 4.69) is 5.32 Å². The van der Waals surface area contributed by atoms with Crippen molar-refractivity contribution < 1.29 is 14.3 Å². The molecule has 5 heteroatoms. The molecule has 1 saturated heterocycles. The average Bonchev–Trinajstić information content (AvgIpc) is 2.68. The largest absolute Gasteiger partial charge is 0.497 e. The molecule has 0 unspecified atom stereocenters. The minimum atomic E-state index is -0.0658. The third kappa shape index (κ3) is 4.04. The number of carbonyl (C=O) groups excluding carboxylic acids is 2. The number of amides is 2. The van der Waals surface area contributed by atoms with Crippen LogP contribution in [0.3, 0.4) is 0 Å². The zero-order chi connectivity index (χ0) is 18.5. The number of nitrogens with zero attached hydrogens (tertiary/aromatic N) is 1. The van der Waals surface area contributed by atoms with Gasteiger partial charge in [0, 0.05) is 37.2 Å². The second kappa shape index (κ2) is 8.04. The Balaban J connectivity index is 1.74. The first-order chi connectivity index (χ1) is 12.6. The SMILES string of the molecule is COc1cccc(-c2ccccc2NC(=O)C2CCN(C(C)=O)CC2)c1. The van der Waals surface area contributed by atoms with Crippen molar-refractivity contribution in [2.45, 2.75) is 19.8 Å². The number of hydrogen-bond acceptors (Lipinski definition) is 3. The number of rotatable bonds is 4. The number of hydrogen-bond donors (Lipinski definition) is 1. The highest BCUT2D eigenvalue weighted by Crippen LogP contribution is 2.31. The van der Waals surface area contributed by atoms with Gasteiger partial charge < -0.3 is 15.0 Å². The van der Waals surface area contributed by atoms with Crippen molar-refractivity contribution in [3.8, 4) is 16.9 Å². The van der Waals surface area contributed by atoms with Gasteiger partial charge in [0.15, 0.2) is 0 Å². The number of carbonyl (C=O) groups is 2. The van der Waals surface area contributed by atoms with E-state index in [1.165, 1.54) is 0 Å². The molecule has 2 amide bonds. The summed E-state index contributed by atoms with van der Waals surface area (Å²) in [7, 11) is 1.64. The van der Waals surface area contributed by atoms with Crippen molar-refractivity contribution >= 4 is 17.5 Å². The van der Waals surface area contributed by atoms with Crippen LogP contribution in [0.25, 0.3) is 11.1 Å². The van der Waals surface area contributed by atoms with Gasteiger partial charge in [0.2, 0.25) is 11.8 Å². The van der Waals surface area contributed by atoms with Crippen molar-refractivity contribution in [1.29, 1.82) is 0 Å². The fourth-order valence-corrected chi connectivity index (χ4v) is 3.33. The normalized spacial score (nSPS) is 14.8. The van der Waals surface area contributed by atoms with Gasteiger partial charge >= 0.3 is 0 Å². The van der Waals surface area contributed by atoms with Crippen LogP contribution in [0.4, 0.5) is 5.69 Å². The lowest BCUT2D eigenvalue weighted by Crippen LogP contribution is -2.40. The maximum Gasteiger partial charge on any atom is 0.227 e. The Hall–Kier alpha value is -2.82. The summed E-state index contributed by atoms with van der Waals surface area (Å²) in [5.41, 5.74) is 2.74. The summed E-state index contributed by atoms with van der Waals surface area (Å²) in [4.78, 5) is 25.9. The van der Waals surface area contributed by atoms with Gasteiger partial charge in [0.1, 0.15) is 5.75 Å². The van der Waals surface area contributed by atoms with E-state index in [1.54, 1.807) is 18.9 Å². The average molecular weight is 352 g/mol. The van der Waals surface area contributed by atoms with E-state index in [0.29, 0.717) is 25.9 Å². The summed E-state index contributed by atoms with van der Waals surface area (Å²) in [6.45, 7) is 2.86. The third-order valence-corrected chi connectivity index (χ3v) is 4.88. The lowest BCUT2D eigenvalue weighted by molar-refractivity contribution is -0.132. The number of nitrogens with one attached hydrogen (secondary N) is 1. The summed E-state index contributed by atoms with van der Waals surface area (Å²) in [6, 6.07) is 15.6. The summed E-state index contributed by atoms with van der Waals surface area (Å²) >= 11 is 0. The monoisotopic (exact) mass is 352 g/mol. The second-order valence-corrected chi connectivity index (χ2v) is 6.55. The van der Waals surface area contributed by atoms with Crippen LogP contribution in [0.2, 0.25) is 0 Å². The molecule has 0 spiro atoms. The minimum absolute atomic E-state index is 0.0172. The van der Waals surface area contributed by atoms with Crippen molar-refractivity contribution in [1.82, 2.24) is 4.90 Å². The molecule has 2 aromatic rings. The Morgan fingerprint density at radius 3 is 2.50 bits per heavy atom. The Bertz CT molecular complexity index is 795. The zero-order valence-corrected chi connectivity index (χ0v) is 15.2. The first-order valence-corrected chi connectivity index (χ1v) is 8.88. The Morgan fingerprint density at radius 2 is 1.81 bits per heavy atom. The van der Waals surface area contributed by atoms with Crippen LogP contribution in [0.15, 0.2) is 48.5 Å². The number of methoxy groups -OCH3 is 1. The number of anilines is 1. The zero-order valence-electron chi connectivity index (χ0n) is 15.2. The first kappa shape index (κ1) is 18.0. The van der Waals surface area contributed by atoms with E-state index >= 15 is 0 Å². The maximum absolute atomic E-state index is 12.7. The van der Waals surface area contributed by atoms with Crippen molar-refractivity contribution in [2.24, 2.45) is 5.92 Å². The quantitative estimate of drug-likeness (QED) is 0.915. The molecule has 1 aliphatic heterocycles. The maximum atomic E-state index is 12.7. The smallest absolute Gasteiger partial charge is 0.227 e. The van der Waals surface area contributed by atoms with Crippen LogP contribution in [0, 0.1) is 5.92 Å². The molecular weight excluding hydrogens is 328 g/mol. The van der Waals surface area contributed by atoms with E-state index in [9.17, 15) is 9.59 Å². The molecule has 0 atom stereocenters. The van der Waals surface area contributed by atoms with Gasteiger partial charge in [-0.1, -0.05) is 30.3 Å². The fourth-order valence-electron chi connectivity index (χ4n) is 3.33. The molecule has 1 heterocycles. The highest BCUT2D eigenvalue weighted by Gasteiger charge is 2.26. The standard InChI is InChI=1S/C21H24N2O3/c1-15(24)23-12-10-16(11-13-23)21(25)22-20-9-4-3-8-19(20)17-6-5-7-18(14-17)26-2/h3-9,14,16H,10-13H2,1-2H3,(H,22,25). The van der Waals surface area contributed by atoms with Gasteiger partial charge in [-0.05, 0) is 36.6 Å². The van der Waals surface area contributed by atoms with Crippen LogP contribution in [0.1, 0.15) is 19.8 Å². The minimum Gasteiger partial charge on any atom is -0.497 e.